The van der Waals surface area contributed by atoms with Gasteiger partial charge in [-0.1, -0.05) is 34.6 Å². The molecule has 2 aromatic heterocycles. The van der Waals surface area contributed by atoms with E-state index in [4.69, 9.17) is 0 Å². The van der Waals surface area contributed by atoms with Crippen LogP contribution in [-0.4, -0.2) is 9.38 Å². The number of fused-ring (bicyclic) bond motifs is 1. The van der Waals surface area contributed by atoms with Gasteiger partial charge in [0, 0.05) is 11.6 Å². The van der Waals surface area contributed by atoms with Crippen LogP contribution in [0.2, 0.25) is 0 Å². The maximum absolute atomic E-state index is 4.60. The highest BCUT2D eigenvalue weighted by molar-refractivity contribution is 5.46. The first-order valence-electron chi connectivity index (χ1n) is 6.35. The van der Waals surface area contributed by atoms with E-state index in [1.165, 1.54) is 11.3 Å². The predicted octanol–water partition coefficient (Wildman–Crippen LogP) is 4.27. The van der Waals surface area contributed by atoms with Crippen molar-refractivity contribution in [1.29, 1.82) is 0 Å². The number of aromatic nitrogens is 2. The molecule has 0 aromatic carbocycles. The van der Waals surface area contributed by atoms with Gasteiger partial charge in [-0.05, 0) is 31.5 Å². The minimum Gasteiger partial charge on any atom is -0.303 e. The number of hydrogen-bond donors (Lipinski definition) is 0. The number of nitrogens with zero attached hydrogens (tertiary/aromatic N) is 2. The molecule has 0 N–H and O–H groups in total. The molecule has 0 saturated carbocycles. The van der Waals surface area contributed by atoms with Crippen molar-refractivity contribution in [3.8, 4) is 0 Å². The Hall–Kier alpha value is -1.31. The fourth-order valence-electron chi connectivity index (χ4n) is 2.17. The van der Waals surface area contributed by atoms with Gasteiger partial charge in [0.15, 0.2) is 0 Å². The maximum atomic E-state index is 4.60. The number of hydrogen-bond acceptors (Lipinski definition) is 1. The summed E-state index contributed by atoms with van der Waals surface area (Å²) in [6.07, 6.45) is 2.12. The predicted molar refractivity (Wildman–Crippen MR) is 74.7 cm³/mol. The van der Waals surface area contributed by atoms with Gasteiger partial charge in [0.05, 0.1) is 11.4 Å². The van der Waals surface area contributed by atoms with Crippen LogP contribution in [0.25, 0.3) is 5.65 Å². The highest BCUT2D eigenvalue weighted by Gasteiger charge is 2.21. The van der Waals surface area contributed by atoms with Crippen LogP contribution in [-0.2, 0) is 5.41 Å². The minimum absolute atomic E-state index is 0.138. The van der Waals surface area contributed by atoms with Crippen LogP contribution in [0.5, 0.6) is 0 Å². The molecule has 0 bridgehead atoms. The first-order chi connectivity index (χ1) is 7.89. The standard InChI is InChI=1S/C13H18N2.C2H6/c1-9-6-7-15-11(8-9)14-10(2)12(15)13(3,4)5;1-2/h6-8H,1-5H3;1-2H3. The molecule has 0 unspecified atom stereocenters. The van der Waals surface area contributed by atoms with E-state index in [-0.39, 0.29) is 5.41 Å². The number of rotatable bonds is 0. The van der Waals surface area contributed by atoms with Crippen molar-refractivity contribution in [2.75, 3.05) is 0 Å². The number of imidazole rings is 1. The van der Waals surface area contributed by atoms with E-state index in [0.717, 1.165) is 11.3 Å². The summed E-state index contributed by atoms with van der Waals surface area (Å²) in [5.74, 6) is 0. The smallest absolute Gasteiger partial charge is 0.137 e. The lowest BCUT2D eigenvalue weighted by atomic mass is 9.91. The zero-order valence-electron chi connectivity index (χ0n) is 12.1. The van der Waals surface area contributed by atoms with E-state index in [1.807, 2.05) is 13.8 Å². The molecule has 17 heavy (non-hydrogen) atoms. The number of aryl methyl sites for hydroxylation is 2. The summed E-state index contributed by atoms with van der Waals surface area (Å²) in [7, 11) is 0. The molecule has 0 atom stereocenters. The summed E-state index contributed by atoms with van der Waals surface area (Å²) in [6, 6.07) is 4.26. The quantitative estimate of drug-likeness (QED) is 0.663. The van der Waals surface area contributed by atoms with Crippen LogP contribution in [0.1, 0.15) is 51.6 Å². The number of pyridine rings is 1. The zero-order valence-corrected chi connectivity index (χ0v) is 12.1. The molecule has 0 aliphatic rings. The van der Waals surface area contributed by atoms with Gasteiger partial charge >= 0.3 is 0 Å². The third kappa shape index (κ3) is 2.68. The summed E-state index contributed by atoms with van der Waals surface area (Å²) in [5, 5.41) is 0. The van der Waals surface area contributed by atoms with Crippen LogP contribution in [0.15, 0.2) is 18.3 Å². The Labute approximate surface area is 105 Å². The normalized spacial score (nSPS) is 11.2. The molecule has 0 aliphatic heterocycles. The molecule has 2 aromatic rings. The molecule has 0 aliphatic carbocycles. The van der Waals surface area contributed by atoms with Crippen LogP contribution >= 0.6 is 0 Å². The minimum atomic E-state index is 0.138. The van der Waals surface area contributed by atoms with Crippen LogP contribution in [0.3, 0.4) is 0 Å². The van der Waals surface area contributed by atoms with Gasteiger partial charge in [-0.15, -0.1) is 0 Å². The molecular formula is C15H24N2. The molecule has 2 heteroatoms. The van der Waals surface area contributed by atoms with Gasteiger partial charge in [0.2, 0.25) is 0 Å². The van der Waals surface area contributed by atoms with Crippen molar-refractivity contribution in [2.45, 2.75) is 53.9 Å². The third-order valence-corrected chi connectivity index (χ3v) is 2.67. The van der Waals surface area contributed by atoms with Gasteiger partial charge in [0.25, 0.3) is 0 Å². The van der Waals surface area contributed by atoms with Gasteiger partial charge in [-0.2, -0.15) is 0 Å². The summed E-state index contributed by atoms with van der Waals surface area (Å²) in [6.45, 7) is 14.9. The molecule has 94 valence electrons. The van der Waals surface area contributed by atoms with Crippen molar-refractivity contribution < 1.29 is 0 Å². The fraction of sp³-hybridized carbons (Fsp3) is 0.533. The van der Waals surface area contributed by atoms with Crippen LogP contribution < -0.4 is 0 Å². The Morgan fingerprint density at radius 1 is 1.12 bits per heavy atom. The summed E-state index contributed by atoms with van der Waals surface area (Å²) < 4.78 is 2.20. The first kappa shape index (κ1) is 13.8. The van der Waals surface area contributed by atoms with Crippen LogP contribution in [0.4, 0.5) is 0 Å². The van der Waals surface area contributed by atoms with E-state index in [0.29, 0.717) is 0 Å². The van der Waals surface area contributed by atoms with Gasteiger partial charge in [-0.3, -0.25) is 0 Å². The Morgan fingerprint density at radius 2 is 1.71 bits per heavy atom. The zero-order chi connectivity index (χ0) is 13.2. The average Bonchev–Trinajstić information content (AvgIpc) is 2.55. The van der Waals surface area contributed by atoms with E-state index in [1.54, 1.807) is 0 Å². The lowest BCUT2D eigenvalue weighted by Crippen LogP contribution is -2.15. The Morgan fingerprint density at radius 3 is 2.24 bits per heavy atom. The Kier molecular flexibility index (Phi) is 3.97. The second-order valence-corrected chi connectivity index (χ2v) is 5.23. The SMILES string of the molecule is CC.Cc1ccn2c(C(C)(C)C)c(C)nc2c1. The highest BCUT2D eigenvalue weighted by Crippen LogP contribution is 2.26. The van der Waals surface area contributed by atoms with Crippen molar-refractivity contribution >= 4 is 5.65 Å². The molecule has 0 spiro atoms. The molecule has 0 amide bonds. The summed E-state index contributed by atoms with van der Waals surface area (Å²) >= 11 is 0. The Bertz CT molecular complexity index is 501. The van der Waals surface area contributed by atoms with Crippen molar-refractivity contribution in [3.63, 3.8) is 0 Å². The molecule has 2 rings (SSSR count). The summed E-state index contributed by atoms with van der Waals surface area (Å²) in [5.41, 5.74) is 4.88. The Balaban J connectivity index is 0.000000686. The lowest BCUT2D eigenvalue weighted by Gasteiger charge is -2.19. The van der Waals surface area contributed by atoms with Gasteiger partial charge in [0.1, 0.15) is 5.65 Å². The highest BCUT2D eigenvalue weighted by atomic mass is 15.0. The largest absolute Gasteiger partial charge is 0.303 e. The summed E-state index contributed by atoms with van der Waals surface area (Å²) in [4.78, 5) is 4.60. The topological polar surface area (TPSA) is 17.3 Å². The second kappa shape index (κ2) is 4.91. The maximum Gasteiger partial charge on any atom is 0.137 e. The fourth-order valence-corrected chi connectivity index (χ4v) is 2.17. The van der Waals surface area contributed by atoms with Crippen molar-refractivity contribution in [3.05, 3.63) is 35.3 Å². The van der Waals surface area contributed by atoms with E-state index < -0.39 is 0 Å². The van der Waals surface area contributed by atoms with E-state index in [2.05, 4.69) is 62.3 Å². The van der Waals surface area contributed by atoms with E-state index in [9.17, 15) is 0 Å². The monoisotopic (exact) mass is 232 g/mol. The molecule has 0 fully saturated rings. The second-order valence-electron chi connectivity index (χ2n) is 5.23. The van der Waals surface area contributed by atoms with Gasteiger partial charge < -0.3 is 4.40 Å². The first-order valence-corrected chi connectivity index (χ1v) is 6.35. The van der Waals surface area contributed by atoms with Crippen LogP contribution in [0, 0.1) is 13.8 Å². The van der Waals surface area contributed by atoms with Crippen molar-refractivity contribution in [2.24, 2.45) is 0 Å². The molecular weight excluding hydrogens is 208 g/mol. The third-order valence-electron chi connectivity index (χ3n) is 2.67. The average molecular weight is 232 g/mol. The molecule has 0 radical (unpaired) electrons. The van der Waals surface area contributed by atoms with Crippen molar-refractivity contribution in [1.82, 2.24) is 9.38 Å². The molecule has 2 heterocycles. The molecule has 0 saturated heterocycles. The van der Waals surface area contributed by atoms with E-state index >= 15 is 0 Å². The molecule has 2 nitrogen and oxygen atoms in total. The van der Waals surface area contributed by atoms with Gasteiger partial charge in [-0.25, -0.2) is 4.98 Å². The lowest BCUT2D eigenvalue weighted by molar-refractivity contribution is 0.559.